The molecular formula is C14H19N4O3S+. The summed E-state index contributed by atoms with van der Waals surface area (Å²) in [6.07, 6.45) is 0.640. The van der Waals surface area contributed by atoms with Crippen molar-refractivity contribution in [2.24, 2.45) is 0 Å². The van der Waals surface area contributed by atoms with Crippen molar-refractivity contribution in [3.63, 3.8) is 0 Å². The average Bonchev–Trinajstić information content (AvgIpc) is 2.87. The normalized spacial score (nSPS) is 22.0. The first-order valence-corrected chi connectivity index (χ1v) is 9.20. The molecule has 2 aromatic rings. The van der Waals surface area contributed by atoms with Crippen LogP contribution >= 0.6 is 0 Å². The Labute approximate surface area is 128 Å². The zero-order chi connectivity index (χ0) is 15.7. The SMILES string of the molecule is CC[NH+](Cn1nnc2ccccc2c1=O)[C@H]1CCS(=O)(=O)C1. The number of hydrogen-bond acceptors (Lipinski definition) is 5. The van der Waals surface area contributed by atoms with Crippen molar-refractivity contribution in [1.82, 2.24) is 15.0 Å². The summed E-state index contributed by atoms with van der Waals surface area (Å²) in [6.45, 7) is 3.06. The van der Waals surface area contributed by atoms with Crippen LogP contribution in [0.5, 0.6) is 0 Å². The minimum absolute atomic E-state index is 0.0233. The fraction of sp³-hybridized carbons (Fsp3) is 0.500. The number of hydrogen-bond donors (Lipinski definition) is 1. The van der Waals surface area contributed by atoms with Crippen LogP contribution in [0.1, 0.15) is 13.3 Å². The quantitative estimate of drug-likeness (QED) is 0.767. The molecule has 0 saturated carbocycles. The molecule has 1 saturated heterocycles. The second kappa shape index (κ2) is 5.77. The van der Waals surface area contributed by atoms with Crippen molar-refractivity contribution in [2.45, 2.75) is 26.1 Å². The Bertz CT molecular complexity index is 847. The van der Waals surface area contributed by atoms with Crippen LogP contribution in [0.2, 0.25) is 0 Å². The summed E-state index contributed by atoms with van der Waals surface area (Å²) in [7, 11) is -2.93. The van der Waals surface area contributed by atoms with Gasteiger partial charge >= 0.3 is 0 Å². The van der Waals surface area contributed by atoms with Gasteiger partial charge in [-0.2, -0.15) is 4.68 Å². The highest BCUT2D eigenvalue weighted by Crippen LogP contribution is 2.09. The Morgan fingerprint density at radius 2 is 2.14 bits per heavy atom. The van der Waals surface area contributed by atoms with E-state index in [1.54, 1.807) is 18.2 Å². The molecule has 1 aromatic carbocycles. The van der Waals surface area contributed by atoms with Gasteiger partial charge in [-0.1, -0.05) is 17.3 Å². The maximum absolute atomic E-state index is 12.5. The second-order valence-electron chi connectivity index (χ2n) is 5.68. The molecule has 1 aromatic heterocycles. The Hall–Kier alpha value is -1.80. The molecule has 1 unspecified atom stereocenters. The fourth-order valence-corrected chi connectivity index (χ4v) is 4.79. The molecule has 2 heterocycles. The van der Waals surface area contributed by atoms with Crippen molar-refractivity contribution in [1.29, 1.82) is 0 Å². The van der Waals surface area contributed by atoms with Crippen LogP contribution in [0, 0.1) is 0 Å². The zero-order valence-corrected chi connectivity index (χ0v) is 13.2. The molecule has 1 aliphatic heterocycles. The van der Waals surface area contributed by atoms with Crippen molar-refractivity contribution in [3.8, 4) is 0 Å². The van der Waals surface area contributed by atoms with Gasteiger partial charge in [0, 0.05) is 6.42 Å². The molecule has 8 heteroatoms. The third-order valence-electron chi connectivity index (χ3n) is 4.25. The maximum Gasteiger partial charge on any atom is 0.282 e. The van der Waals surface area contributed by atoms with Gasteiger partial charge in [-0.05, 0) is 19.1 Å². The van der Waals surface area contributed by atoms with Crippen LogP contribution in [-0.2, 0) is 16.5 Å². The number of sulfone groups is 1. The summed E-state index contributed by atoms with van der Waals surface area (Å²) in [5, 5.41) is 8.59. The van der Waals surface area contributed by atoms with Crippen LogP contribution in [0.15, 0.2) is 29.1 Å². The van der Waals surface area contributed by atoms with Gasteiger partial charge in [0.1, 0.15) is 17.3 Å². The van der Waals surface area contributed by atoms with E-state index in [1.165, 1.54) is 4.68 Å². The van der Waals surface area contributed by atoms with Gasteiger partial charge in [-0.3, -0.25) is 4.79 Å². The lowest BCUT2D eigenvalue weighted by molar-refractivity contribution is -0.943. The first-order chi connectivity index (χ1) is 10.5. The third kappa shape index (κ3) is 2.89. The lowest BCUT2D eigenvalue weighted by Crippen LogP contribution is -3.15. The van der Waals surface area contributed by atoms with Gasteiger partial charge < -0.3 is 4.90 Å². The molecule has 0 radical (unpaired) electrons. The van der Waals surface area contributed by atoms with E-state index >= 15 is 0 Å². The molecule has 0 aliphatic carbocycles. The summed E-state index contributed by atoms with van der Waals surface area (Å²) in [5.41, 5.74) is 0.391. The first kappa shape index (κ1) is 15.1. The Morgan fingerprint density at radius 3 is 2.82 bits per heavy atom. The largest absolute Gasteiger partial charge is 0.313 e. The summed E-state index contributed by atoms with van der Waals surface area (Å²) < 4.78 is 24.6. The lowest BCUT2D eigenvalue weighted by Gasteiger charge is -2.23. The highest BCUT2D eigenvalue weighted by molar-refractivity contribution is 7.91. The minimum Gasteiger partial charge on any atom is -0.313 e. The molecule has 0 amide bonds. The van der Waals surface area contributed by atoms with Crippen LogP contribution < -0.4 is 10.5 Å². The maximum atomic E-state index is 12.5. The summed E-state index contributed by atoms with van der Waals surface area (Å²) >= 11 is 0. The zero-order valence-electron chi connectivity index (χ0n) is 12.4. The third-order valence-corrected chi connectivity index (χ3v) is 6.01. The van der Waals surface area contributed by atoms with Gasteiger partial charge in [0.25, 0.3) is 5.56 Å². The molecule has 0 bridgehead atoms. The van der Waals surface area contributed by atoms with E-state index in [4.69, 9.17) is 0 Å². The molecule has 1 fully saturated rings. The molecule has 0 spiro atoms. The van der Waals surface area contributed by atoms with Gasteiger partial charge in [0.15, 0.2) is 16.5 Å². The number of fused-ring (bicyclic) bond motifs is 1. The van der Waals surface area contributed by atoms with Crippen molar-refractivity contribution >= 4 is 20.7 Å². The molecule has 2 atom stereocenters. The standard InChI is InChI=1S/C14H18N4O3S/c1-2-17(11-7-8-22(20,21)9-11)10-18-14(19)12-5-3-4-6-13(12)15-16-18/h3-6,11H,2,7-10H2,1H3/p+1/t11-/m0/s1. The van der Waals surface area contributed by atoms with Crippen LogP contribution in [0.4, 0.5) is 0 Å². The number of rotatable bonds is 4. The van der Waals surface area contributed by atoms with E-state index in [0.29, 0.717) is 24.0 Å². The summed E-state index contributed by atoms with van der Waals surface area (Å²) in [6, 6.07) is 7.11. The van der Waals surface area contributed by atoms with E-state index in [0.717, 1.165) is 11.4 Å². The van der Waals surface area contributed by atoms with Gasteiger partial charge in [-0.15, -0.1) is 5.10 Å². The topological polar surface area (TPSA) is 86.4 Å². The summed E-state index contributed by atoms with van der Waals surface area (Å²) in [5.74, 6) is 0.422. The number of benzene rings is 1. The average molecular weight is 323 g/mol. The second-order valence-corrected chi connectivity index (χ2v) is 7.91. The van der Waals surface area contributed by atoms with Crippen LogP contribution in [-0.4, -0.2) is 47.5 Å². The molecule has 1 N–H and O–H groups in total. The highest BCUT2D eigenvalue weighted by Gasteiger charge is 2.35. The number of quaternary nitrogens is 1. The Kier molecular flexibility index (Phi) is 3.96. The minimum atomic E-state index is -2.93. The molecule has 118 valence electrons. The fourth-order valence-electron chi connectivity index (χ4n) is 2.97. The van der Waals surface area contributed by atoms with Crippen LogP contribution in [0.3, 0.4) is 0 Å². The van der Waals surface area contributed by atoms with E-state index in [2.05, 4.69) is 10.3 Å². The van der Waals surface area contributed by atoms with Gasteiger partial charge in [0.2, 0.25) is 0 Å². The summed E-state index contributed by atoms with van der Waals surface area (Å²) in [4.78, 5) is 13.5. The van der Waals surface area contributed by atoms with Crippen LogP contribution in [0.25, 0.3) is 10.9 Å². The van der Waals surface area contributed by atoms with Crippen molar-refractivity contribution in [3.05, 3.63) is 34.6 Å². The monoisotopic (exact) mass is 323 g/mol. The Balaban J connectivity index is 1.88. The molecular weight excluding hydrogens is 304 g/mol. The predicted octanol–water partition coefficient (Wildman–Crippen LogP) is -1.16. The molecule has 1 aliphatic rings. The molecule has 22 heavy (non-hydrogen) atoms. The first-order valence-electron chi connectivity index (χ1n) is 7.37. The van der Waals surface area contributed by atoms with Gasteiger partial charge in [0.05, 0.1) is 17.7 Å². The van der Waals surface area contributed by atoms with Gasteiger partial charge in [-0.25, -0.2) is 8.42 Å². The number of aromatic nitrogens is 3. The van der Waals surface area contributed by atoms with Crippen molar-refractivity contribution < 1.29 is 13.3 Å². The van der Waals surface area contributed by atoms with E-state index in [1.807, 2.05) is 13.0 Å². The van der Waals surface area contributed by atoms with E-state index in [-0.39, 0.29) is 23.1 Å². The molecule has 3 rings (SSSR count). The predicted molar refractivity (Wildman–Crippen MR) is 82.4 cm³/mol. The van der Waals surface area contributed by atoms with E-state index in [9.17, 15) is 13.2 Å². The lowest BCUT2D eigenvalue weighted by atomic mass is 10.2. The number of nitrogens with zero attached hydrogens (tertiary/aromatic N) is 3. The number of nitrogens with one attached hydrogen (secondary N) is 1. The molecule has 7 nitrogen and oxygen atoms in total. The smallest absolute Gasteiger partial charge is 0.282 e. The van der Waals surface area contributed by atoms with E-state index < -0.39 is 9.84 Å². The highest BCUT2D eigenvalue weighted by atomic mass is 32.2. The Morgan fingerprint density at radius 1 is 1.36 bits per heavy atom. The van der Waals surface area contributed by atoms with Crippen molar-refractivity contribution in [2.75, 3.05) is 18.1 Å².